The zero-order valence-electron chi connectivity index (χ0n) is 14.3. The maximum atomic E-state index is 5.11. The second-order valence-corrected chi connectivity index (χ2v) is 7.67. The first-order chi connectivity index (χ1) is 12.3. The first kappa shape index (κ1) is 16.2. The van der Waals surface area contributed by atoms with Gasteiger partial charge in [-0.05, 0) is 24.5 Å². The highest BCUT2D eigenvalue weighted by Crippen LogP contribution is 2.45. The van der Waals surface area contributed by atoms with Gasteiger partial charge in [0.25, 0.3) is 0 Å². The zero-order chi connectivity index (χ0) is 17.1. The van der Waals surface area contributed by atoms with E-state index in [4.69, 9.17) is 4.99 Å². The van der Waals surface area contributed by atoms with Crippen LogP contribution in [0.5, 0.6) is 0 Å². The molecule has 0 fully saturated rings. The molecule has 25 heavy (non-hydrogen) atoms. The molecule has 0 aromatic heterocycles. The summed E-state index contributed by atoms with van der Waals surface area (Å²) in [4.78, 5) is 5.11. The Balaban J connectivity index is 1.73. The number of aliphatic imine (C=N–C) groups is 1. The van der Waals surface area contributed by atoms with Crippen molar-refractivity contribution in [1.29, 1.82) is 0 Å². The van der Waals surface area contributed by atoms with Crippen molar-refractivity contribution in [3.63, 3.8) is 0 Å². The van der Waals surface area contributed by atoms with Crippen molar-refractivity contribution in [2.24, 2.45) is 4.99 Å². The van der Waals surface area contributed by atoms with Crippen LogP contribution < -0.4 is 0 Å². The standard InChI is InChI=1S/C23H21NS/c1-17-12-14-20(15-13-17)23-24-21(18-8-4-2-5-9-18)16-22(25-23)19-10-6-3-7-11-19/h2-15,21-22H,16H2,1H3/t21-,22+/m1/s1. The van der Waals surface area contributed by atoms with Crippen molar-refractivity contribution in [3.8, 4) is 0 Å². The Morgan fingerprint density at radius 3 is 2.00 bits per heavy atom. The molecule has 4 rings (SSSR count). The van der Waals surface area contributed by atoms with Crippen LogP contribution in [0.3, 0.4) is 0 Å². The Morgan fingerprint density at radius 1 is 0.760 bits per heavy atom. The van der Waals surface area contributed by atoms with Gasteiger partial charge in [0.05, 0.1) is 11.1 Å². The third-order valence-corrected chi connectivity index (χ3v) is 5.93. The van der Waals surface area contributed by atoms with Gasteiger partial charge in [0.1, 0.15) is 0 Å². The lowest BCUT2D eigenvalue weighted by atomic mass is 9.98. The van der Waals surface area contributed by atoms with Gasteiger partial charge in [-0.1, -0.05) is 102 Å². The van der Waals surface area contributed by atoms with Gasteiger partial charge in [0.2, 0.25) is 0 Å². The molecule has 1 heterocycles. The van der Waals surface area contributed by atoms with Crippen LogP contribution in [-0.4, -0.2) is 5.04 Å². The number of hydrogen-bond donors (Lipinski definition) is 0. The van der Waals surface area contributed by atoms with Gasteiger partial charge < -0.3 is 0 Å². The molecule has 0 amide bonds. The van der Waals surface area contributed by atoms with E-state index in [0.717, 1.165) is 11.5 Å². The Bertz CT molecular complexity index is 854. The van der Waals surface area contributed by atoms with Gasteiger partial charge in [0.15, 0.2) is 0 Å². The predicted molar refractivity (Wildman–Crippen MR) is 108 cm³/mol. The van der Waals surface area contributed by atoms with Crippen LogP contribution in [-0.2, 0) is 0 Å². The molecule has 0 saturated heterocycles. The molecule has 1 aliphatic rings. The predicted octanol–water partition coefficient (Wildman–Crippen LogP) is 6.36. The molecule has 3 aromatic carbocycles. The lowest BCUT2D eigenvalue weighted by molar-refractivity contribution is 0.641. The molecule has 2 heteroatoms. The molecule has 0 radical (unpaired) electrons. The molecule has 0 saturated carbocycles. The molecule has 1 nitrogen and oxygen atoms in total. The van der Waals surface area contributed by atoms with Crippen molar-refractivity contribution in [2.45, 2.75) is 24.6 Å². The Hall–Kier alpha value is -2.32. The normalized spacial score (nSPS) is 20.1. The summed E-state index contributed by atoms with van der Waals surface area (Å²) in [5, 5.41) is 1.58. The van der Waals surface area contributed by atoms with Crippen molar-refractivity contribution in [1.82, 2.24) is 0 Å². The average Bonchev–Trinajstić information content (AvgIpc) is 2.69. The molecule has 0 spiro atoms. The highest BCUT2D eigenvalue weighted by atomic mass is 32.2. The van der Waals surface area contributed by atoms with Crippen molar-refractivity contribution >= 4 is 16.8 Å². The van der Waals surface area contributed by atoms with E-state index >= 15 is 0 Å². The summed E-state index contributed by atoms with van der Waals surface area (Å²) in [5.41, 5.74) is 5.18. The minimum atomic E-state index is 0.212. The number of aryl methyl sites for hydroxylation is 1. The molecule has 0 bridgehead atoms. The smallest absolute Gasteiger partial charge is 0.0990 e. The van der Waals surface area contributed by atoms with Gasteiger partial charge in [0, 0.05) is 10.8 Å². The Morgan fingerprint density at radius 2 is 1.36 bits per heavy atom. The third kappa shape index (κ3) is 3.69. The summed E-state index contributed by atoms with van der Waals surface area (Å²) >= 11 is 1.89. The molecular weight excluding hydrogens is 322 g/mol. The quantitative estimate of drug-likeness (QED) is 0.539. The summed E-state index contributed by atoms with van der Waals surface area (Å²) < 4.78 is 0. The lowest BCUT2D eigenvalue weighted by Gasteiger charge is -2.28. The Kier molecular flexibility index (Phi) is 4.71. The number of thioether (sulfide) groups is 1. The second kappa shape index (κ2) is 7.28. The van der Waals surface area contributed by atoms with Crippen molar-refractivity contribution in [3.05, 3.63) is 107 Å². The topological polar surface area (TPSA) is 12.4 Å². The van der Waals surface area contributed by atoms with E-state index in [1.54, 1.807) is 0 Å². The van der Waals surface area contributed by atoms with Gasteiger partial charge >= 0.3 is 0 Å². The van der Waals surface area contributed by atoms with Crippen LogP contribution in [0, 0.1) is 6.92 Å². The van der Waals surface area contributed by atoms with Crippen LogP contribution in [0.15, 0.2) is 89.9 Å². The van der Waals surface area contributed by atoms with Crippen LogP contribution in [0.4, 0.5) is 0 Å². The number of nitrogens with zero attached hydrogens (tertiary/aromatic N) is 1. The van der Waals surface area contributed by atoms with Gasteiger partial charge in [-0.25, -0.2) is 0 Å². The summed E-state index contributed by atoms with van der Waals surface area (Å²) in [7, 11) is 0. The van der Waals surface area contributed by atoms with E-state index in [1.807, 2.05) is 11.8 Å². The molecule has 3 aromatic rings. The summed E-state index contributed by atoms with van der Waals surface area (Å²) in [6, 6.07) is 30.4. The number of hydrogen-bond acceptors (Lipinski definition) is 2. The van der Waals surface area contributed by atoms with Gasteiger partial charge in [-0.15, -0.1) is 0 Å². The van der Waals surface area contributed by atoms with E-state index in [-0.39, 0.29) is 6.04 Å². The molecule has 0 N–H and O–H groups in total. The van der Waals surface area contributed by atoms with E-state index in [0.29, 0.717) is 5.25 Å². The summed E-state index contributed by atoms with van der Waals surface area (Å²) in [5.74, 6) is 0. The summed E-state index contributed by atoms with van der Waals surface area (Å²) in [6.45, 7) is 2.12. The minimum absolute atomic E-state index is 0.212. The zero-order valence-corrected chi connectivity index (χ0v) is 15.1. The number of rotatable bonds is 3. The molecule has 124 valence electrons. The van der Waals surface area contributed by atoms with E-state index < -0.39 is 0 Å². The minimum Gasteiger partial charge on any atom is -0.270 e. The second-order valence-electron chi connectivity index (χ2n) is 6.48. The molecule has 1 aliphatic heterocycles. The summed E-state index contributed by atoms with van der Waals surface area (Å²) in [6.07, 6.45) is 1.04. The number of benzene rings is 3. The lowest BCUT2D eigenvalue weighted by Crippen LogP contribution is -2.13. The maximum Gasteiger partial charge on any atom is 0.0990 e. The fraction of sp³-hybridized carbons (Fsp3) is 0.174. The first-order valence-electron chi connectivity index (χ1n) is 8.71. The Labute approximate surface area is 153 Å². The molecule has 0 unspecified atom stereocenters. The van der Waals surface area contributed by atoms with Crippen LogP contribution in [0.1, 0.15) is 40.0 Å². The van der Waals surface area contributed by atoms with Crippen molar-refractivity contribution in [2.75, 3.05) is 0 Å². The third-order valence-electron chi connectivity index (χ3n) is 4.62. The van der Waals surface area contributed by atoms with Gasteiger partial charge in [-0.2, -0.15) is 0 Å². The van der Waals surface area contributed by atoms with Crippen LogP contribution >= 0.6 is 11.8 Å². The van der Waals surface area contributed by atoms with Crippen LogP contribution in [0.2, 0.25) is 0 Å². The van der Waals surface area contributed by atoms with Gasteiger partial charge in [-0.3, -0.25) is 4.99 Å². The fourth-order valence-electron chi connectivity index (χ4n) is 3.21. The first-order valence-corrected chi connectivity index (χ1v) is 9.59. The highest BCUT2D eigenvalue weighted by molar-refractivity contribution is 8.14. The van der Waals surface area contributed by atoms with Crippen molar-refractivity contribution < 1.29 is 0 Å². The van der Waals surface area contributed by atoms with Crippen LogP contribution in [0.25, 0.3) is 0 Å². The largest absolute Gasteiger partial charge is 0.270 e. The van der Waals surface area contributed by atoms with E-state index in [2.05, 4.69) is 91.9 Å². The maximum absolute atomic E-state index is 5.11. The monoisotopic (exact) mass is 343 g/mol. The molecular formula is C23H21NS. The molecule has 2 atom stereocenters. The van der Waals surface area contributed by atoms with E-state index in [9.17, 15) is 0 Å². The SMILES string of the molecule is Cc1ccc(C2=N[C@@H](c3ccccc3)C[C@@H](c3ccccc3)S2)cc1. The van der Waals surface area contributed by atoms with E-state index in [1.165, 1.54) is 22.3 Å². The molecule has 0 aliphatic carbocycles. The highest BCUT2D eigenvalue weighted by Gasteiger charge is 2.27. The average molecular weight is 343 g/mol. The fourth-order valence-corrected chi connectivity index (χ4v) is 4.51.